The third kappa shape index (κ3) is 4.69. The fourth-order valence-corrected chi connectivity index (χ4v) is 2.42. The number of benzene rings is 2. The fraction of sp³-hybridized carbons (Fsp3) is 0.300. The molecule has 4 nitrogen and oxygen atoms in total. The number of hydrogen-bond donors (Lipinski definition) is 1. The number of nitrogens with one attached hydrogen (secondary N) is 1. The molecular formula is C20H23NO3. The number of aryl methyl sites for hydroxylation is 1. The molecule has 0 saturated heterocycles. The second-order valence-electron chi connectivity index (χ2n) is 5.98. The van der Waals surface area contributed by atoms with E-state index >= 15 is 0 Å². The fourth-order valence-electron chi connectivity index (χ4n) is 2.42. The van der Waals surface area contributed by atoms with Crippen molar-refractivity contribution < 1.29 is 14.3 Å². The Balaban J connectivity index is 1.95. The third-order valence-corrected chi connectivity index (χ3v) is 3.89. The molecule has 0 saturated carbocycles. The van der Waals surface area contributed by atoms with E-state index in [1.807, 2.05) is 0 Å². The summed E-state index contributed by atoms with van der Waals surface area (Å²) in [4.78, 5) is 23.9. The van der Waals surface area contributed by atoms with Gasteiger partial charge < -0.3 is 10.1 Å². The van der Waals surface area contributed by atoms with Crippen LogP contribution in [-0.4, -0.2) is 19.0 Å². The Morgan fingerprint density at radius 2 is 1.71 bits per heavy atom. The number of para-hydroxylation sites is 1. The van der Waals surface area contributed by atoms with E-state index in [1.54, 1.807) is 24.3 Å². The van der Waals surface area contributed by atoms with Gasteiger partial charge in [0.1, 0.15) is 0 Å². The Labute approximate surface area is 142 Å². The van der Waals surface area contributed by atoms with E-state index in [-0.39, 0.29) is 5.91 Å². The zero-order chi connectivity index (χ0) is 17.5. The first-order valence-electron chi connectivity index (χ1n) is 8.07. The molecule has 2 rings (SSSR count). The molecule has 4 heteroatoms. The average molecular weight is 325 g/mol. The van der Waals surface area contributed by atoms with Crippen LogP contribution in [-0.2, 0) is 16.0 Å². The molecule has 0 fully saturated rings. The predicted octanol–water partition coefficient (Wildman–Crippen LogP) is 4.17. The smallest absolute Gasteiger partial charge is 0.339 e. The summed E-state index contributed by atoms with van der Waals surface area (Å²) in [6.45, 7) is 4.31. The van der Waals surface area contributed by atoms with Crippen LogP contribution in [0.2, 0.25) is 0 Å². The van der Waals surface area contributed by atoms with Gasteiger partial charge in [0, 0.05) is 6.42 Å². The summed E-state index contributed by atoms with van der Waals surface area (Å²) in [5.74, 6) is -0.0911. The quantitative estimate of drug-likeness (QED) is 0.811. The van der Waals surface area contributed by atoms with E-state index in [0.717, 1.165) is 5.56 Å². The van der Waals surface area contributed by atoms with Gasteiger partial charge in [0.05, 0.1) is 18.4 Å². The average Bonchev–Trinajstić information content (AvgIpc) is 2.60. The third-order valence-electron chi connectivity index (χ3n) is 3.89. The van der Waals surface area contributed by atoms with Crippen LogP contribution in [0.15, 0.2) is 48.5 Å². The van der Waals surface area contributed by atoms with Gasteiger partial charge >= 0.3 is 5.97 Å². The van der Waals surface area contributed by atoms with Crippen LogP contribution < -0.4 is 5.32 Å². The Bertz CT molecular complexity index is 705. The number of amides is 1. The van der Waals surface area contributed by atoms with Crippen molar-refractivity contribution in [2.24, 2.45) is 0 Å². The van der Waals surface area contributed by atoms with E-state index in [4.69, 9.17) is 4.74 Å². The van der Waals surface area contributed by atoms with Crippen molar-refractivity contribution in [2.45, 2.75) is 32.6 Å². The largest absolute Gasteiger partial charge is 0.465 e. The maximum atomic E-state index is 12.2. The predicted molar refractivity (Wildman–Crippen MR) is 95.3 cm³/mol. The van der Waals surface area contributed by atoms with Gasteiger partial charge in [-0.25, -0.2) is 4.79 Å². The van der Waals surface area contributed by atoms with E-state index < -0.39 is 5.97 Å². The van der Waals surface area contributed by atoms with Crippen LogP contribution in [0, 0.1) is 0 Å². The zero-order valence-corrected chi connectivity index (χ0v) is 14.3. The van der Waals surface area contributed by atoms with E-state index in [2.05, 4.69) is 43.4 Å². The summed E-state index contributed by atoms with van der Waals surface area (Å²) < 4.78 is 4.73. The summed E-state index contributed by atoms with van der Waals surface area (Å²) in [6.07, 6.45) is 1.02. The van der Waals surface area contributed by atoms with Crippen LogP contribution >= 0.6 is 0 Å². The number of hydrogen-bond acceptors (Lipinski definition) is 3. The highest BCUT2D eigenvalue weighted by Crippen LogP contribution is 2.18. The number of carbonyl (C=O) groups is 2. The van der Waals surface area contributed by atoms with Crippen LogP contribution in [0.3, 0.4) is 0 Å². The van der Waals surface area contributed by atoms with Crippen molar-refractivity contribution in [2.75, 3.05) is 12.4 Å². The van der Waals surface area contributed by atoms with Crippen LogP contribution in [0.4, 0.5) is 5.69 Å². The lowest BCUT2D eigenvalue weighted by atomic mass is 10.0. The van der Waals surface area contributed by atoms with E-state index in [0.29, 0.717) is 30.0 Å². The van der Waals surface area contributed by atoms with Crippen molar-refractivity contribution in [1.29, 1.82) is 0 Å². The summed E-state index contributed by atoms with van der Waals surface area (Å²) in [5.41, 5.74) is 3.24. The highest BCUT2D eigenvalue weighted by molar-refractivity contribution is 6.01. The Morgan fingerprint density at radius 3 is 2.33 bits per heavy atom. The molecule has 2 aromatic carbocycles. The van der Waals surface area contributed by atoms with Gasteiger partial charge in [-0.1, -0.05) is 50.2 Å². The Kier molecular flexibility index (Phi) is 6.13. The van der Waals surface area contributed by atoms with Gasteiger partial charge in [0.2, 0.25) is 5.91 Å². The topological polar surface area (TPSA) is 55.4 Å². The molecule has 0 heterocycles. The summed E-state index contributed by atoms with van der Waals surface area (Å²) in [5, 5.41) is 2.79. The second kappa shape index (κ2) is 8.29. The zero-order valence-electron chi connectivity index (χ0n) is 14.3. The highest BCUT2D eigenvalue weighted by atomic mass is 16.5. The molecule has 1 N–H and O–H groups in total. The van der Waals surface area contributed by atoms with Crippen LogP contribution in [0.5, 0.6) is 0 Å². The summed E-state index contributed by atoms with van der Waals surface area (Å²) in [7, 11) is 1.32. The van der Waals surface area contributed by atoms with Gasteiger partial charge in [-0.3, -0.25) is 4.79 Å². The monoisotopic (exact) mass is 325 g/mol. The Hall–Kier alpha value is -2.62. The van der Waals surface area contributed by atoms with Gasteiger partial charge in [0.25, 0.3) is 0 Å². The standard InChI is InChI=1S/C20H23NO3/c1-14(2)16-11-8-15(9-12-16)10-13-19(22)21-18-7-5-4-6-17(18)20(23)24-3/h4-9,11-12,14H,10,13H2,1-3H3,(H,21,22). The minimum absolute atomic E-state index is 0.126. The molecule has 0 bridgehead atoms. The highest BCUT2D eigenvalue weighted by Gasteiger charge is 2.13. The minimum Gasteiger partial charge on any atom is -0.465 e. The number of esters is 1. The van der Waals surface area contributed by atoms with Crippen molar-refractivity contribution >= 4 is 17.6 Å². The van der Waals surface area contributed by atoms with Gasteiger partial charge in [-0.15, -0.1) is 0 Å². The first-order chi connectivity index (χ1) is 11.5. The maximum Gasteiger partial charge on any atom is 0.339 e. The molecule has 126 valence electrons. The van der Waals surface area contributed by atoms with Gasteiger partial charge in [-0.05, 0) is 35.6 Å². The summed E-state index contributed by atoms with van der Waals surface area (Å²) in [6, 6.07) is 15.2. The van der Waals surface area contributed by atoms with Crippen molar-refractivity contribution in [3.8, 4) is 0 Å². The molecule has 0 aliphatic heterocycles. The number of methoxy groups -OCH3 is 1. The molecule has 0 aliphatic carbocycles. The molecule has 2 aromatic rings. The van der Waals surface area contributed by atoms with Crippen LogP contribution in [0.1, 0.15) is 47.7 Å². The molecular weight excluding hydrogens is 302 g/mol. The molecule has 1 amide bonds. The lowest BCUT2D eigenvalue weighted by Crippen LogP contribution is -2.15. The van der Waals surface area contributed by atoms with E-state index in [9.17, 15) is 9.59 Å². The van der Waals surface area contributed by atoms with Crippen molar-refractivity contribution in [3.63, 3.8) is 0 Å². The molecule has 0 aliphatic rings. The van der Waals surface area contributed by atoms with Gasteiger partial charge in [0.15, 0.2) is 0 Å². The van der Waals surface area contributed by atoms with E-state index in [1.165, 1.54) is 12.7 Å². The SMILES string of the molecule is COC(=O)c1ccccc1NC(=O)CCc1ccc(C(C)C)cc1. The molecule has 0 spiro atoms. The molecule has 0 atom stereocenters. The van der Waals surface area contributed by atoms with Gasteiger partial charge in [-0.2, -0.15) is 0 Å². The molecule has 24 heavy (non-hydrogen) atoms. The first kappa shape index (κ1) is 17.7. The number of carbonyl (C=O) groups excluding carboxylic acids is 2. The molecule has 0 radical (unpaired) electrons. The second-order valence-corrected chi connectivity index (χ2v) is 5.98. The lowest BCUT2D eigenvalue weighted by molar-refractivity contribution is -0.116. The van der Waals surface area contributed by atoms with Crippen LogP contribution in [0.25, 0.3) is 0 Å². The molecule has 0 aromatic heterocycles. The van der Waals surface area contributed by atoms with Crippen molar-refractivity contribution in [3.05, 3.63) is 65.2 Å². The number of ether oxygens (including phenoxy) is 1. The minimum atomic E-state index is -0.463. The van der Waals surface area contributed by atoms with Crippen molar-refractivity contribution in [1.82, 2.24) is 0 Å². The number of rotatable bonds is 6. The maximum absolute atomic E-state index is 12.2. The Morgan fingerprint density at radius 1 is 1.04 bits per heavy atom. The first-order valence-corrected chi connectivity index (χ1v) is 8.07. The molecule has 0 unspecified atom stereocenters. The number of anilines is 1. The summed E-state index contributed by atoms with van der Waals surface area (Å²) >= 11 is 0. The normalized spacial score (nSPS) is 10.5. The lowest BCUT2D eigenvalue weighted by Gasteiger charge is -2.10.